The highest BCUT2D eigenvalue weighted by molar-refractivity contribution is 7.92. The van der Waals surface area contributed by atoms with Gasteiger partial charge in [0.1, 0.15) is 5.75 Å². The van der Waals surface area contributed by atoms with Crippen LogP contribution in [0.1, 0.15) is 10.4 Å². The first-order valence-corrected chi connectivity index (χ1v) is 8.32. The van der Waals surface area contributed by atoms with Crippen molar-refractivity contribution in [2.75, 3.05) is 4.72 Å². The summed E-state index contributed by atoms with van der Waals surface area (Å²) in [5, 5.41) is 0.00519. The molecule has 0 atom stereocenters. The number of anilines is 1. The van der Waals surface area contributed by atoms with E-state index in [0.29, 0.717) is 0 Å². The average molecular weight is 395 g/mol. The van der Waals surface area contributed by atoms with E-state index in [1.54, 1.807) is 0 Å². The number of alkyl halides is 3. The van der Waals surface area contributed by atoms with Gasteiger partial charge in [-0.15, -0.1) is 13.2 Å². The monoisotopic (exact) mass is 394 g/mol. The molecule has 134 valence electrons. The van der Waals surface area contributed by atoms with Crippen molar-refractivity contribution >= 4 is 33.2 Å². The number of hydrogen-bond acceptors (Lipinski definition) is 4. The maximum atomic E-state index is 12.3. The van der Waals surface area contributed by atoms with Crippen molar-refractivity contribution < 1.29 is 31.1 Å². The predicted molar refractivity (Wildman–Crippen MR) is 83.9 cm³/mol. The molecule has 25 heavy (non-hydrogen) atoms. The molecule has 0 unspecified atom stereocenters. The first-order chi connectivity index (χ1) is 11.5. The Hall–Kier alpha value is -2.46. The minimum absolute atomic E-state index is 0.00519. The lowest BCUT2D eigenvalue weighted by atomic mass is 10.2. The molecule has 0 spiro atoms. The van der Waals surface area contributed by atoms with Crippen molar-refractivity contribution in [1.82, 2.24) is 0 Å². The summed E-state index contributed by atoms with van der Waals surface area (Å²) >= 11 is 5.87. The zero-order chi connectivity index (χ0) is 18.8. The van der Waals surface area contributed by atoms with E-state index in [1.165, 1.54) is 12.1 Å². The number of primary amides is 1. The lowest BCUT2D eigenvalue weighted by Crippen LogP contribution is -2.17. The van der Waals surface area contributed by atoms with Crippen LogP contribution in [0.2, 0.25) is 5.02 Å². The summed E-state index contributed by atoms with van der Waals surface area (Å²) in [5.41, 5.74) is 5.03. The van der Waals surface area contributed by atoms with Crippen molar-refractivity contribution in [2.45, 2.75) is 11.3 Å². The van der Waals surface area contributed by atoms with Crippen LogP contribution in [-0.4, -0.2) is 20.7 Å². The van der Waals surface area contributed by atoms with Crippen LogP contribution in [0, 0.1) is 0 Å². The van der Waals surface area contributed by atoms with E-state index in [2.05, 4.69) is 9.46 Å². The summed E-state index contributed by atoms with van der Waals surface area (Å²) in [6, 6.07) is 7.28. The third-order valence-electron chi connectivity index (χ3n) is 2.86. The van der Waals surface area contributed by atoms with Crippen molar-refractivity contribution in [1.29, 1.82) is 0 Å². The van der Waals surface area contributed by atoms with E-state index in [4.69, 9.17) is 17.3 Å². The highest BCUT2D eigenvalue weighted by Gasteiger charge is 2.31. The van der Waals surface area contributed by atoms with E-state index in [1.807, 2.05) is 0 Å². The molecule has 1 amide bonds. The summed E-state index contributed by atoms with van der Waals surface area (Å²) in [4.78, 5) is 10.8. The van der Waals surface area contributed by atoms with Crippen LogP contribution in [0.4, 0.5) is 18.9 Å². The number of benzene rings is 2. The second-order valence-electron chi connectivity index (χ2n) is 4.68. The van der Waals surface area contributed by atoms with E-state index in [0.717, 1.165) is 30.3 Å². The van der Waals surface area contributed by atoms with Crippen LogP contribution >= 0.6 is 11.6 Å². The molecule has 3 N–H and O–H groups in total. The summed E-state index contributed by atoms with van der Waals surface area (Å²) < 4.78 is 66.7. The zero-order valence-corrected chi connectivity index (χ0v) is 13.7. The van der Waals surface area contributed by atoms with Gasteiger partial charge in [-0.3, -0.25) is 9.52 Å². The molecule has 0 saturated heterocycles. The fourth-order valence-electron chi connectivity index (χ4n) is 1.78. The molecule has 6 nitrogen and oxygen atoms in total. The number of hydrogen-bond donors (Lipinski definition) is 2. The molecule has 0 aliphatic carbocycles. The number of ether oxygens (including phenoxy) is 1. The molecule has 0 aliphatic heterocycles. The smallest absolute Gasteiger partial charge is 0.406 e. The number of nitrogens with one attached hydrogen (secondary N) is 1. The van der Waals surface area contributed by atoms with Crippen LogP contribution in [-0.2, 0) is 10.0 Å². The van der Waals surface area contributed by atoms with Gasteiger partial charge in [0, 0.05) is 5.56 Å². The van der Waals surface area contributed by atoms with Gasteiger partial charge < -0.3 is 10.5 Å². The molecule has 0 saturated carbocycles. The molecule has 0 fully saturated rings. The Balaban J connectivity index is 2.28. The Morgan fingerprint density at radius 1 is 1.12 bits per heavy atom. The van der Waals surface area contributed by atoms with Gasteiger partial charge >= 0.3 is 6.36 Å². The van der Waals surface area contributed by atoms with Crippen LogP contribution in [0.3, 0.4) is 0 Å². The fraction of sp³-hybridized carbons (Fsp3) is 0.0714. The quantitative estimate of drug-likeness (QED) is 0.813. The number of nitrogens with two attached hydrogens (primary N) is 1. The normalized spacial score (nSPS) is 11.8. The van der Waals surface area contributed by atoms with Crippen LogP contribution in [0.25, 0.3) is 0 Å². The summed E-state index contributed by atoms with van der Waals surface area (Å²) in [6.07, 6.45) is -4.89. The van der Waals surface area contributed by atoms with Crippen molar-refractivity contribution in [3.63, 3.8) is 0 Å². The Kier molecular flexibility index (Phi) is 5.14. The number of rotatable bonds is 5. The molecule has 0 radical (unpaired) electrons. The van der Waals surface area contributed by atoms with Crippen molar-refractivity contribution in [2.24, 2.45) is 5.73 Å². The Morgan fingerprint density at radius 3 is 2.24 bits per heavy atom. The van der Waals surface area contributed by atoms with E-state index >= 15 is 0 Å². The average Bonchev–Trinajstić information content (AvgIpc) is 2.48. The lowest BCUT2D eigenvalue weighted by molar-refractivity contribution is -0.274. The molecular formula is C14H10ClF3N2O4S. The first-order valence-electron chi connectivity index (χ1n) is 6.46. The van der Waals surface area contributed by atoms with Gasteiger partial charge in [0.25, 0.3) is 10.0 Å². The molecule has 0 aliphatic rings. The Labute approximate surface area is 145 Å². The number of carbonyl (C=O) groups excluding carboxylic acids is 1. The van der Waals surface area contributed by atoms with Gasteiger partial charge in [-0.25, -0.2) is 8.42 Å². The van der Waals surface area contributed by atoms with Crippen LogP contribution in [0.5, 0.6) is 5.75 Å². The minimum Gasteiger partial charge on any atom is -0.406 e. The SMILES string of the molecule is NC(=O)c1ccc(Cl)c(NS(=O)(=O)c2ccc(OC(F)(F)F)cc2)c1. The number of amides is 1. The van der Waals surface area contributed by atoms with Gasteiger partial charge in [0.05, 0.1) is 15.6 Å². The van der Waals surface area contributed by atoms with Crippen LogP contribution in [0.15, 0.2) is 47.4 Å². The third kappa shape index (κ3) is 5.00. The third-order valence-corrected chi connectivity index (χ3v) is 4.57. The number of carbonyl (C=O) groups is 1. The number of halogens is 4. The van der Waals surface area contributed by atoms with Crippen LogP contribution < -0.4 is 15.2 Å². The van der Waals surface area contributed by atoms with E-state index in [9.17, 15) is 26.4 Å². The Morgan fingerprint density at radius 2 is 1.72 bits per heavy atom. The summed E-state index contributed by atoms with van der Waals surface area (Å²) in [7, 11) is -4.16. The van der Waals surface area contributed by atoms with E-state index in [-0.39, 0.29) is 21.2 Å². The van der Waals surface area contributed by atoms with Gasteiger partial charge in [0.2, 0.25) is 5.91 Å². The number of sulfonamides is 1. The molecule has 2 rings (SSSR count). The fourth-order valence-corrected chi connectivity index (χ4v) is 3.07. The summed E-state index contributed by atoms with van der Waals surface area (Å²) in [5.74, 6) is -1.36. The lowest BCUT2D eigenvalue weighted by Gasteiger charge is -2.12. The summed E-state index contributed by atoms with van der Waals surface area (Å²) in [6.45, 7) is 0. The highest BCUT2D eigenvalue weighted by atomic mass is 35.5. The molecule has 0 heterocycles. The Bertz CT molecular complexity index is 899. The molecule has 0 aromatic heterocycles. The maximum Gasteiger partial charge on any atom is 0.573 e. The van der Waals surface area contributed by atoms with E-state index < -0.39 is 28.0 Å². The standard InChI is InChI=1S/C14H10ClF3N2O4S/c15-11-6-1-8(13(19)21)7-12(11)20-25(22,23)10-4-2-9(3-5-10)24-14(16,17)18/h1-7,20H,(H2,19,21). The minimum atomic E-state index is -4.89. The second-order valence-corrected chi connectivity index (χ2v) is 6.77. The van der Waals surface area contributed by atoms with Gasteiger partial charge in [0.15, 0.2) is 0 Å². The highest BCUT2D eigenvalue weighted by Crippen LogP contribution is 2.27. The van der Waals surface area contributed by atoms with Gasteiger partial charge in [-0.1, -0.05) is 11.6 Å². The largest absolute Gasteiger partial charge is 0.573 e. The predicted octanol–water partition coefficient (Wildman–Crippen LogP) is 3.14. The zero-order valence-electron chi connectivity index (χ0n) is 12.2. The maximum absolute atomic E-state index is 12.3. The van der Waals surface area contributed by atoms with Gasteiger partial charge in [-0.2, -0.15) is 0 Å². The topological polar surface area (TPSA) is 98.5 Å². The molecule has 11 heteroatoms. The molecular weight excluding hydrogens is 385 g/mol. The van der Waals surface area contributed by atoms with Gasteiger partial charge in [-0.05, 0) is 42.5 Å². The molecule has 2 aromatic carbocycles. The second kappa shape index (κ2) is 6.81. The molecule has 2 aromatic rings. The van der Waals surface area contributed by atoms with Crippen molar-refractivity contribution in [3.8, 4) is 5.75 Å². The molecule has 0 bridgehead atoms. The first kappa shape index (κ1) is 18.9. The van der Waals surface area contributed by atoms with Crippen molar-refractivity contribution in [3.05, 3.63) is 53.1 Å².